The van der Waals surface area contributed by atoms with Crippen molar-refractivity contribution in [1.29, 1.82) is 0 Å². The van der Waals surface area contributed by atoms with Gasteiger partial charge in [0.1, 0.15) is 0 Å². The number of rotatable bonds is 6. The van der Waals surface area contributed by atoms with Gasteiger partial charge in [-0.15, -0.1) is 0 Å². The summed E-state index contributed by atoms with van der Waals surface area (Å²) in [4.78, 5) is 0. The lowest BCUT2D eigenvalue weighted by molar-refractivity contribution is 0.135. The third-order valence-electron chi connectivity index (χ3n) is 2.09. The summed E-state index contributed by atoms with van der Waals surface area (Å²) in [5, 5.41) is 26.1. The minimum atomic E-state index is 0.130. The van der Waals surface area contributed by atoms with Gasteiger partial charge in [0.05, 0.1) is 0 Å². The van der Waals surface area contributed by atoms with Crippen molar-refractivity contribution in [3.63, 3.8) is 0 Å². The Morgan fingerprint density at radius 1 is 1.00 bits per heavy atom. The van der Waals surface area contributed by atoms with E-state index in [0.717, 1.165) is 0 Å². The van der Waals surface area contributed by atoms with Crippen LogP contribution in [0.3, 0.4) is 0 Å². The zero-order chi connectivity index (χ0) is 8.69. The topological polar surface area (TPSA) is 60.7 Å². The van der Waals surface area contributed by atoms with E-state index in [1.165, 1.54) is 0 Å². The molecule has 0 aliphatic heterocycles. The van der Waals surface area contributed by atoms with Gasteiger partial charge in [0.15, 0.2) is 0 Å². The Labute approximate surface area is 67.7 Å². The highest BCUT2D eigenvalue weighted by Gasteiger charge is 2.14. The Balaban J connectivity index is 3.66. The van der Waals surface area contributed by atoms with Gasteiger partial charge in [-0.1, -0.05) is 6.92 Å². The molecule has 0 rings (SSSR count). The second-order valence-electron chi connectivity index (χ2n) is 2.94. The SMILES string of the molecule is CC(CO)C(CCO)CCO. The van der Waals surface area contributed by atoms with Gasteiger partial charge in [-0.2, -0.15) is 0 Å². The fraction of sp³-hybridized carbons (Fsp3) is 1.00. The Bertz CT molecular complexity index is 79.4. The molecule has 3 heteroatoms. The molecule has 0 amide bonds. The largest absolute Gasteiger partial charge is 0.396 e. The molecule has 1 unspecified atom stereocenters. The molecule has 3 nitrogen and oxygen atoms in total. The molecule has 0 bridgehead atoms. The molecule has 0 heterocycles. The number of aliphatic hydroxyl groups is 3. The third kappa shape index (κ3) is 4.35. The fourth-order valence-corrected chi connectivity index (χ4v) is 1.19. The van der Waals surface area contributed by atoms with Crippen LogP contribution in [0.4, 0.5) is 0 Å². The Morgan fingerprint density at radius 3 is 1.73 bits per heavy atom. The van der Waals surface area contributed by atoms with E-state index in [1.54, 1.807) is 0 Å². The lowest BCUT2D eigenvalue weighted by Gasteiger charge is -2.20. The molecule has 0 aliphatic carbocycles. The van der Waals surface area contributed by atoms with Gasteiger partial charge < -0.3 is 15.3 Å². The fourth-order valence-electron chi connectivity index (χ4n) is 1.19. The van der Waals surface area contributed by atoms with E-state index in [1.807, 2.05) is 6.92 Å². The van der Waals surface area contributed by atoms with Gasteiger partial charge in [-0.05, 0) is 24.7 Å². The maximum absolute atomic E-state index is 8.80. The monoisotopic (exact) mass is 162 g/mol. The molecule has 3 N–H and O–H groups in total. The average molecular weight is 162 g/mol. The highest BCUT2D eigenvalue weighted by atomic mass is 16.3. The van der Waals surface area contributed by atoms with Crippen molar-refractivity contribution in [1.82, 2.24) is 0 Å². The molecule has 0 aromatic carbocycles. The number of aliphatic hydroxyl groups excluding tert-OH is 3. The first-order valence-corrected chi connectivity index (χ1v) is 4.08. The first kappa shape index (κ1) is 10.9. The summed E-state index contributed by atoms with van der Waals surface area (Å²) >= 11 is 0. The second kappa shape index (κ2) is 6.58. The van der Waals surface area contributed by atoms with E-state index in [4.69, 9.17) is 15.3 Å². The van der Waals surface area contributed by atoms with Crippen LogP contribution >= 0.6 is 0 Å². The van der Waals surface area contributed by atoms with Crippen molar-refractivity contribution < 1.29 is 15.3 Å². The highest BCUT2D eigenvalue weighted by Crippen LogP contribution is 2.18. The smallest absolute Gasteiger partial charge is 0.0459 e. The van der Waals surface area contributed by atoms with Crippen molar-refractivity contribution in [3.05, 3.63) is 0 Å². The van der Waals surface area contributed by atoms with Crippen molar-refractivity contribution in [2.75, 3.05) is 19.8 Å². The minimum absolute atomic E-state index is 0.130. The van der Waals surface area contributed by atoms with Crippen molar-refractivity contribution in [2.24, 2.45) is 11.8 Å². The van der Waals surface area contributed by atoms with Crippen LogP contribution in [0.1, 0.15) is 19.8 Å². The first-order chi connectivity index (χ1) is 5.26. The quantitative estimate of drug-likeness (QED) is 0.515. The highest BCUT2D eigenvalue weighted by molar-refractivity contribution is 4.64. The summed E-state index contributed by atoms with van der Waals surface area (Å²) in [5.41, 5.74) is 0. The summed E-state index contributed by atoms with van der Waals surface area (Å²) in [6.45, 7) is 2.32. The predicted molar refractivity (Wildman–Crippen MR) is 43.1 cm³/mol. The molecule has 0 aromatic heterocycles. The van der Waals surface area contributed by atoms with Gasteiger partial charge >= 0.3 is 0 Å². The third-order valence-corrected chi connectivity index (χ3v) is 2.09. The van der Waals surface area contributed by atoms with Crippen LogP contribution in [0.15, 0.2) is 0 Å². The average Bonchev–Trinajstić information content (AvgIpc) is 2.03. The van der Waals surface area contributed by atoms with E-state index in [2.05, 4.69) is 0 Å². The molecule has 0 saturated carbocycles. The summed E-state index contributed by atoms with van der Waals surface area (Å²) in [5.74, 6) is 0.421. The Morgan fingerprint density at radius 2 is 1.45 bits per heavy atom. The van der Waals surface area contributed by atoms with E-state index in [0.29, 0.717) is 12.8 Å². The lowest BCUT2D eigenvalue weighted by atomic mass is 9.89. The molecular formula is C8H18O3. The molecule has 0 spiro atoms. The lowest BCUT2D eigenvalue weighted by Crippen LogP contribution is -2.18. The summed E-state index contributed by atoms with van der Waals surface area (Å²) in [6, 6.07) is 0. The van der Waals surface area contributed by atoms with Crippen molar-refractivity contribution in [3.8, 4) is 0 Å². The molecule has 0 fully saturated rings. The minimum Gasteiger partial charge on any atom is -0.396 e. The Hall–Kier alpha value is -0.120. The molecule has 1 atom stereocenters. The predicted octanol–water partition coefficient (Wildman–Crippen LogP) is -0.00420. The van der Waals surface area contributed by atoms with Gasteiger partial charge in [0.25, 0.3) is 0 Å². The van der Waals surface area contributed by atoms with Crippen molar-refractivity contribution >= 4 is 0 Å². The van der Waals surface area contributed by atoms with Crippen LogP contribution in [-0.4, -0.2) is 35.1 Å². The van der Waals surface area contributed by atoms with Gasteiger partial charge in [-0.25, -0.2) is 0 Å². The van der Waals surface area contributed by atoms with E-state index in [-0.39, 0.29) is 31.7 Å². The Kier molecular flexibility index (Phi) is 6.51. The molecule has 0 aliphatic rings. The van der Waals surface area contributed by atoms with Crippen LogP contribution in [0.25, 0.3) is 0 Å². The number of hydrogen-bond acceptors (Lipinski definition) is 3. The van der Waals surface area contributed by atoms with Crippen LogP contribution in [0, 0.1) is 11.8 Å². The summed E-state index contributed by atoms with van der Waals surface area (Å²) in [6.07, 6.45) is 1.34. The van der Waals surface area contributed by atoms with Crippen LogP contribution in [0.5, 0.6) is 0 Å². The second-order valence-corrected chi connectivity index (χ2v) is 2.94. The van der Waals surface area contributed by atoms with Gasteiger partial charge in [0, 0.05) is 19.8 Å². The normalized spacial score (nSPS) is 13.9. The molecule has 0 saturated heterocycles. The van der Waals surface area contributed by atoms with Crippen LogP contribution in [-0.2, 0) is 0 Å². The van der Waals surface area contributed by atoms with Gasteiger partial charge in [0.2, 0.25) is 0 Å². The van der Waals surface area contributed by atoms with Crippen LogP contribution < -0.4 is 0 Å². The zero-order valence-corrected chi connectivity index (χ0v) is 7.03. The van der Waals surface area contributed by atoms with E-state index in [9.17, 15) is 0 Å². The standard InChI is InChI=1S/C8H18O3/c1-7(6-11)8(2-4-9)3-5-10/h7-11H,2-6H2,1H3. The molecule has 11 heavy (non-hydrogen) atoms. The summed E-state index contributed by atoms with van der Waals surface area (Å²) < 4.78 is 0. The maximum Gasteiger partial charge on any atom is 0.0459 e. The van der Waals surface area contributed by atoms with E-state index < -0.39 is 0 Å². The van der Waals surface area contributed by atoms with Gasteiger partial charge in [-0.3, -0.25) is 0 Å². The molecule has 68 valence electrons. The molecule has 0 radical (unpaired) electrons. The van der Waals surface area contributed by atoms with Crippen molar-refractivity contribution in [2.45, 2.75) is 19.8 Å². The zero-order valence-electron chi connectivity index (χ0n) is 7.03. The summed E-state index contributed by atoms with van der Waals surface area (Å²) in [7, 11) is 0. The van der Waals surface area contributed by atoms with E-state index >= 15 is 0 Å². The maximum atomic E-state index is 8.80. The molecular weight excluding hydrogens is 144 g/mol. The molecule has 0 aromatic rings. The first-order valence-electron chi connectivity index (χ1n) is 4.08. The number of hydrogen-bond donors (Lipinski definition) is 3. The van der Waals surface area contributed by atoms with Crippen LogP contribution in [0.2, 0.25) is 0 Å².